The highest BCUT2D eigenvalue weighted by Gasteiger charge is 2.37. The third-order valence-corrected chi connectivity index (χ3v) is 5.90. The van der Waals surface area contributed by atoms with Crippen LogP contribution in [-0.4, -0.2) is 54.0 Å². The van der Waals surface area contributed by atoms with Gasteiger partial charge in [-0.2, -0.15) is 0 Å². The van der Waals surface area contributed by atoms with Crippen molar-refractivity contribution in [3.05, 3.63) is 0 Å². The fraction of sp³-hybridized carbons (Fsp3) is 0.917. The molecule has 0 radical (unpaired) electrons. The van der Waals surface area contributed by atoms with Gasteiger partial charge in [-0.25, -0.2) is 0 Å². The molecule has 0 fully saturated rings. The Morgan fingerprint density at radius 1 is 1.06 bits per heavy atom. The van der Waals surface area contributed by atoms with Crippen LogP contribution in [0.3, 0.4) is 0 Å². The zero-order valence-corrected chi connectivity index (χ0v) is 13.3. The zero-order chi connectivity index (χ0) is 14.0. The van der Waals surface area contributed by atoms with Crippen LogP contribution in [0.4, 0.5) is 0 Å². The van der Waals surface area contributed by atoms with Crippen molar-refractivity contribution in [2.45, 2.75) is 39.2 Å². The molecule has 5 nitrogen and oxygen atoms in total. The van der Waals surface area contributed by atoms with Gasteiger partial charge in [0, 0.05) is 47.4 Å². The molecule has 0 spiro atoms. The predicted molar refractivity (Wildman–Crippen MR) is 73.4 cm³/mol. The van der Waals surface area contributed by atoms with E-state index >= 15 is 0 Å². The van der Waals surface area contributed by atoms with E-state index in [9.17, 15) is 4.79 Å². The van der Waals surface area contributed by atoms with Crippen molar-refractivity contribution in [1.29, 1.82) is 0 Å². The number of carbonyl (C=O) groups excluding carboxylic acids is 1. The van der Waals surface area contributed by atoms with Crippen molar-refractivity contribution in [2.24, 2.45) is 0 Å². The molecule has 0 atom stereocenters. The van der Waals surface area contributed by atoms with Crippen molar-refractivity contribution in [3.63, 3.8) is 0 Å². The van der Waals surface area contributed by atoms with E-state index in [2.05, 4.69) is 6.92 Å². The van der Waals surface area contributed by atoms with Gasteiger partial charge in [-0.05, 0) is 12.8 Å². The second-order valence-corrected chi connectivity index (χ2v) is 7.35. The van der Waals surface area contributed by atoms with Crippen LogP contribution in [-0.2, 0) is 18.1 Å². The normalized spacial score (nSPS) is 11.6. The van der Waals surface area contributed by atoms with Crippen LogP contribution in [0, 0.1) is 0 Å². The van der Waals surface area contributed by atoms with Crippen LogP contribution in [0.5, 0.6) is 0 Å². The summed E-state index contributed by atoms with van der Waals surface area (Å²) in [5.74, 6) is 0.128. The highest BCUT2D eigenvalue weighted by molar-refractivity contribution is 6.60. The second kappa shape index (κ2) is 9.49. The van der Waals surface area contributed by atoms with Crippen LogP contribution in [0.1, 0.15) is 33.1 Å². The molecule has 0 aliphatic rings. The van der Waals surface area contributed by atoms with Gasteiger partial charge in [-0.15, -0.1) is 0 Å². The fourth-order valence-corrected chi connectivity index (χ4v) is 3.52. The first-order chi connectivity index (χ1) is 8.55. The molecule has 0 N–H and O–H groups in total. The smallest absolute Gasteiger partial charge is 0.377 e. The average Bonchev–Trinajstić information content (AvgIpc) is 2.38. The highest BCUT2D eigenvalue weighted by atomic mass is 28.4. The molecule has 18 heavy (non-hydrogen) atoms. The Bertz CT molecular complexity index is 226. The van der Waals surface area contributed by atoms with Crippen molar-refractivity contribution in [3.8, 4) is 0 Å². The minimum Gasteiger partial charge on any atom is -0.377 e. The monoisotopic (exact) mass is 277 g/mol. The Balaban J connectivity index is 4.15. The van der Waals surface area contributed by atoms with E-state index in [4.69, 9.17) is 13.3 Å². The molecule has 0 bridgehead atoms. The number of amides is 1. The topological polar surface area (TPSA) is 48.0 Å². The first-order valence-corrected chi connectivity index (χ1v) is 8.39. The molecule has 0 aliphatic carbocycles. The molecule has 0 aromatic carbocycles. The lowest BCUT2D eigenvalue weighted by Crippen LogP contribution is -2.43. The summed E-state index contributed by atoms with van der Waals surface area (Å²) in [6.45, 7) is 5.30. The lowest BCUT2D eigenvalue weighted by molar-refractivity contribution is -0.129. The van der Waals surface area contributed by atoms with E-state index < -0.39 is 8.80 Å². The van der Waals surface area contributed by atoms with Crippen molar-refractivity contribution in [1.82, 2.24) is 4.90 Å². The number of rotatable bonds is 10. The van der Waals surface area contributed by atoms with Gasteiger partial charge >= 0.3 is 8.80 Å². The molecule has 0 saturated heterocycles. The van der Waals surface area contributed by atoms with Crippen LogP contribution >= 0.6 is 0 Å². The molecular formula is C12H27NO4Si. The average molecular weight is 277 g/mol. The van der Waals surface area contributed by atoms with E-state index in [1.807, 2.05) is 4.90 Å². The first kappa shape index (κ1) is 17.6. The number of hydrogen-bond acceptors (Lipinski definition) is 4. The van der Waals surface area contributed by atoms with Gasteiger partial charge in [0.25, 0.3) is 0 Å². The molecule has 1 amide bonds. The molecular weight excluding hydrogens is 250 g/mol. The van der Waals surface area contributed by atoms with Crippen molar-refractivity contribution in [2.75, 3.05) is 34.4 Å². The summed E-state index contributed by atoms with van der Waals surface area (Å²) in [6.07, 6.45) is 2.97. The maximum Gasteiger partial charge on any atom is 0.500 e. The number of carbonyl (C=O) groups is 1. The van der Waals surface area contributed by atoms with Gasteiger partial charge in [0.1, 0.15) is 0 Å². The van der Waals surface area contributed by atoms with E-state index in [0.29, 0.717) is 0 Å². The molecule has 0 rings (SSSR count). The Morgan fingerprint density at radius 2 is 1.56 bits per heavy atom. The van der Waals surface area contributed by atoms with Gasteiger partial charge in [0.2, 0.25) is 5.91 Å². The van der Waals surface area contributed by atoms with Gasteiger partial charge in [0.05, 0.1) is 0 Å². The molecule has 0 heterocycles. The zero-order valence-electron chi connectivity index (χ0n) is 12.3. The summed E-state index contributed by atoms with van der Waals surface area (Å²) in [5.41, 5.74) is 0. The van der Waals surface area contributed by atoms with E-state index in [1.54, 1.807) is 28.3 Å². The number of hydrogen-bond donors (Lipinski definition) is 0. The summed E-state index contributed by atoms with van der Waals surface area (Å²) in [6, 6.07) is 0.729. The van der Waals surface area contributed by atoms with Crippen molar-refractivity contribution < 1.29 is 18.1 Å². The summed E-state index contributed by atoms with van der Waals surface area (Å²) in [7, 11) is 2.34. The minimum absolute atomic E-state index is 0.128. The predicted octanol–water partition coefficient (Wildman–Crippen LogP) is 1.90. The number of unbranched alkanes of at least 4 members (excludes halogenated alkanes) is 1. The quantitative estimate of drug-likeness (QED) is 0.572. The highest BCUT2D eigenvalue weighted by Crippen LogP contribution is 2.15. The van der Waals surface area contributed by atoms with Gasteiger partial charge in [0.15, 0.2) is 0 Å². The SMILES string of the molecule is CCCCN(CCC[Si](OC)(OC)OC)C(C)=O. The fourth-order valence-electron chi connectivity index (χ4n) is 1.82. The molecule has 108 valence electrons. The Kier molecular flexibility index (Phi) is 9.26. The Labute approximate surface area is 112 Å². The third-order valence-electron chi connectivity index (χ3n) is 3.07. The van der Waals surface area contributed by atoms with Crippen LogP contribution < -0.4 is 0 Å². The van der Waals surface area contributed by atoms with Gasteiger partial charge in [-0.3, -0.25) is 4.79 Å². The lowest BCUT2D eigenvalue weighted by atomic mass is 10.3. The summed E-state index contributed by atoms with van der Waals surface area (Å²) in [4.78, 5) is 13.3. The van der Waals surface area contributed by atoms with Gasteiger partial charge < -0.3 is 18.2 Å². The standard InChI is InChI=1S/C12H27NO4Si/c1-6-7-9-13(12(2)14)10-8-11-18(15-3,16-4)17-5/h6-11H2,1-5H3. The third kappa shape index (κ3) is 5.95. The largest absolute Gasteiger partial charge is 0.500 e. The van der Waals surface area contributed by atoms with E-state index in [1.165, 1.54) is 0 Å². The second-order valence-electron chi connectivity index (χ2n) is 4.26. The Hall–Kier alpha value is -0.433. The number of nitrogens with zero attached hydrogens (tertiary/aromatic N) is 1. The van der Waals surface area contributed by atoms with Crippen LogP contribution in [0.25, 0.3) is 0 Å². The maximum absolute atomic E-state index is 11.5. The Morgan fingerprint density at radius 3 is 1.94 bits per heavy atom. The first-order valence-electron chi connectivity index (χ1n) is 6.46. The molecule has 6 heteroatoms. The minimum atomic E-state index is -2.49. The molecule has 0 aromatic rings. The van der Waals surface area contributed by atoms with Gasteiger partial charge in [-0.1, -0.05) is 13.3 Å². The van der Waals surface area contributed by atoms with Crippen molar-refractivity contribution >= 4 is 14.7 Å². The van der Waals surface area contributed by atoms with Crippen LogP contribution in [0.2, 0.25) is 6.04 Å². The van der Waals surface area contributed by atoms with E-state index in [-0.39, 0.29) is 5.91 Å². The molecule has 0 aromatic heterocycles. The van der Waals surface area contributed by atoms with E-state index in [0.717, 1.165) is 38.4 Å². The summed E-state index contributed by atoms with van der Waals surface area (Å²) < 4.78 is 16.1. The summed E-state index contributed by atoms with van der Waals surface area (Å²) >= 11 is 0. The summed E-state index contributed by atoms with van der Waals surface area (Å²) in [5, 5.41) is 0. The van der Waals surface area contributed by atoms with Crippen LogP contribution in [0.15, 0.2) is 0 Å². The molecule has 0 saturated carbocycles. The molecule has 0 unspecified atom stereocenters. The maximum atomic E-state index is 11.5. The molecule has 0 aliphatic heterocycles. The lowest BCUT2D eigenvalue weighted by Gasteiger charge is -2.26.